The molecular weight excluding hydrogens is 369 g/mol. The number of ether oxygens (including phenoxy) is 3. The molecule has 152 valence electrons. The second kappa shape index (κ2) is 8.86. The van der Waals surface area contributed by atoms with E-state index in [9.17, 15) is 4.79 Å². The van der Waals surface area contributed by atoms with E-state index < -0.39 is 5.97 Å². The lowest BCUT2D eigenvalue weighted by Gasteiger charge is -2.14. The molecule has 0 N–H and O–H groups in total. The Labute approximate surface area is 171 Å². The van der Waals surface area contributed by atoms with Crippen LogP contribution in [-0.2, 0) is 16.0 Å². The van der Waals surface area contributed by atoms with Crippen LogP contribution >= 0.6 is 0 Å². The zero-order valence-corrected chi connectivity index (χ0v) is 17.0. The summed E-state index contributed by atoms with van der Waals surface area (Å²) in [5.74, 6) is 1.41. The Balaban J connectivity index is 1.53. The van der Waals surface area contributed by atoms with E-state index in [2.05, 4.69) is 4.98 Å². The first-order chi connectivity index (χ1) is 14.1. The number of rotatable bonds is 7. The fourth-order valence-electron chi connectivity index (χ4n) is 3.92. The molecule has 2 aromatic rings. The Morgan fingerprint density at radius 3 is 2.86 bits per heavy atom. The molecule has 1 saturated carbocycles. The molecule has 0 spiro atoms. The second-order valence-electron chi connectivity index (χ2n) is 7.60. The topological polar surface area (TPSA) is 66.9 Å². The molecule has 0 amide bonds. The maximum Gasteiger partial charge on any atom is 0.343 e. The highest BCUT2D eigenvalue weighted by Crippen LogP contribution is 2.29. The number of aromatic nitrogens is 1. The molecule has 1 aliphatic carbocycles. The van der Waals surface area contributed by atoms with Crippen molar-refractivity contribution in [1.29, 1.82) is 0 Å². The summed E-state index contributed by atoms with van der Waals surface area (Å²) in [6, 6.07) is 9.22. The third-order valence-corrected chi connectivity index (χ3v) is 5.52. The summed E-state index contributed by atoms with van der Waals surface area (Å²) in [5.41, 5.74) is 2.63. The number of nitrogens with zero attached hydrogens (tertiary/aromatic N) is 1. The van der Waals surface area contributed by atoms with Crippen LogP contribution in [0.25, 0.3) is 0 Å². The van der Waals surface area contributed by atoms with Gasteiger partial charge in [-0.1, -0.05) is 25.7 Å². The van der Waals surface area contributed by atoms with Crippen molar-refractivity contribution < 1.29 is 23.7 Å². The van der Waals surface area contributed by atoms with Crippen LogP contribution in [0.1, 0.15) is 48.5 Å². The normalized spacial score (nSPS) is 16.0. The molecule has 6 nitrogen and oxygen atoms in total. The van der Waals surface area contributed by atoms with E-state index in [1.807, 2.05) is 25.0 Å². The monoisotopic (exact) mass is 395 g/mol. The van der Waals surface area contributed by atoms with Crippen molar-refractivity contribution in [3.05, 3.63) is 41.5 Å². The predicted molar refractivity (Wildman–Crippen MR) is 110 cm³/mol. The Bertz CT molecular complexity index is 882. The van der Waals surface area contributed by atoms with Gasteiger partial charge in [0, 0.05) is 6.07 Å². The number of benzene rings is 1. The summed E-state index contributed by atoms with van der Waals surface area (Å²) >= 11 is 0. The van der Waals surface area contributed by atoms with Gasteiger partial charge >= 0.3 is 12.9 Å². The van der Waals surface area contributed by atoms with Crippen LogP contribution in [0.4, 0.5) is 0 Å². The molecule has 2 aliphatic rings. The minimum atomic E-state index is -0.434. The summed E-state index contributed by atoms with van der Waals surface area (Å²) in [6.07, 6.45) is 4.77. The summed E-state index contributed by atoms with van der Waals surface area (Å²) in [7, 11) is 0. The molecule has 1 aliphatic heterocycles. The van der Waals surface area contributed by atoms with Crippen LogP contribution in [0.5, 0.6) is 17.5 Å². The van der Waals surface area contributed by atoms with E-state index in [1.165, 1.54) is 18.3 Å². The molecule has 1 aromatic heterocycles. The fourth-order valence-corrected chi connectivity index (χ4v) is 3.92. The van der Waals surface area contributed by atoms with Gasteiger partial charge in [-0.15, -0.1) is 0 Å². The van der Waals surface area contributed by atoms with E-state index in [0.29, 0.717) is 42.9 Å². The van der Waals surface area contributed by atoms with E-state index in [-0.39, 0.29) is 12.8 Å². The van der Waals surface area contributed by atoms with Gasteiger partial charge in [0.2, 0.25) is 11.8 Å². The van der Waals surface area contributed by atoms with Crippen molar-refractivity contribution in [2.75, 3.05) is 13.2 Å². The molecule has 7 heteroatoms. The van der Waals surface area contributed by atoms with Gasteiger partial charge in [0.15, 0.2) is 0 Å². The van der Waals surface area contributed by atoms with Crippen LogP contribution in [0.3, 0.4) is 0 Å². The zero-order valence-electron chi connectivity index (χ0n) is 17.0. The third-order valence-electron chi connectivity index (χ3n) is 5.52. The van der Waals surface area contributed by atoms with E-state index in [1.54, 1.807) is 19.1 Å². The first-order valence-electron chi connectivity index (χ1n) is 10.4. The number of carbonyl (C=O) groups excluding carboxylic acids is 1. The Kier molecular flexibility index (Phi) is 6.04. The molecule has 0 radical (unpaired) electrons. The van der Waals surface area contributed by atoms with Crippen molar-refractivity contribution in [2.24, 2.45) is 5.92 Å². The van der Waals surface area contributed by atoms with Crippen LogP contribution in [0, 0.1) is 5.92 Å². The maximum absolute atomic E-state index is 12.3. The predicted octanol–water partition coefficient (Wildman–Crippen LogP) is 3.98. The van der Waals surface area contributed by atoms with Gasteiger partial charge in [-0.05, 0) is 54.9 Å². The maximum atomic E-state index is 12.3. The number of hydrogen-bond acceptors (Lipinski definition) is 6. The molecule has 1 fully saturated rings. The van der Waals surface area contributed by atoms with Crippen molar-refractivity contribution >= 4 is 18.3 Å². The summed E-state index contributed by atoms with van der Waals surface area (Å²) in [6.45, 7) is 5.36. The van der Waals surface area contributed by atoms with Crippen molar-refractivity contribution in [3.63, 3.8) is 0 Å². The van der Waals surface area contributed by atoms with Gasteiger partial charge in [-0.3, -0.25) is 0 Å². The number of esters is 1. The third kappa shape index (κ3) is 4.56. The van der Waals surface area contributed by atoms with E-state index >= 15 is 0 Å². The van der Waals surface area contributed by atoms with E-state index in [0.717, 1.165) is 18.4 Å². The Hall–Kier alpha value is -2.54. The molecule has 0 atom stereocenters. The molecule has 2 heterocycles. The number of hydrogen-bond donors (Lipinski definition) is 0. The minimum absolute atomic E-state index is 0.108. The van der Waals surface area contributed by atoms with E-state index in [4.69, 9.17) is 18.9 Å². The van der Waals surface area contributed by atoms with Crippen LogP contribution in [0.15, 0.2) is 30.3 Å². The highest BCUT2D eigenvalue weighted by Gasteiger charge is 2.24. The van der Waals surface area contributed by atoms with Crippen LogP contribution in [-0.4, -0.2) is 31.1 Å². The fraction of sp³-hybridized carbons (Fsp3) is 0.455. The first kappa shape index (κ1) is 19.8. The number of pyridine rings is 1. The molecule has 4 rings (SSSR count). The summed E-state index contributed by atoms with van der Waals surface area (Å²) in [4.78, 5) is 16.8. The molecular formula is C22H26BNO5. The lowest BCUT2D eigenvalue weighted by molar-refractivity contribution is 0.0519. The lowest BCUT2D eigenvalue weighted by Crippen LogP contribution is -2.23. The smallest absolute Gasteiger partial charge is 0.343 e. The molecule has 29 heavy (non-hydrogen) atoms. The quantitative estimate of drug-likeness (QED) is 0.522. The highest BCUT2D eigenvalue weighted by molar-refractivity contribution is 6.67. The Morgan fingerprint density at radius 2 is 2.07 bits per heavy atom. The number of carbonyl (C=O) groups is 1. The second-order valence-corrected chi connectivity index (χ2v) is 7.60. The summed E-state index contributed by atoms with van der Waals surface area (Å²) < 4.78 is 22.7. The summed E-state index contributed by atoms with van der Waals surface area (Å²) in [5, 5.41) is 0. The standard InChI is InChI=1S/C22H26BNO5/c1-3-26-22(25)18-9-11-20(24-21(18)27-13-15-6-4-5-7-15)29-17-8-10-19-16(12-17)14-28-23(19)2/h8-12,15H,3-7,13-14H2,1-2H3. The first-order valence-corrected chi connectivity index (χ1v) is 10.4. The lowest BCUT2D eigenvalue weighted by atomic mass is 9.64. The SMILES string of the molecule is CCOC(=O)c1ccc(Oc2ccc3c(c2)COB3C)nc1OCC1CCCC1. The van der Waals surface area contributed by atoms with Gasteiger partial charge in [0.1, 0.15) is 11.3 Å². The highest BCUT2D eigenvalue weighted by atomic mass is 16.5. The zero-order chi connectivity index (χ0) is 20.2. The average Bonchev–Trinajstić information content (AvgIpc) is 3.37. The van der Waals surface area contributed by atoms with Gasteiger partial charge in [0.25, 0.3) is 0 Å². The van der Waals surface area contributed by atoms with Gasteiger partial charge < -0.3 is 18.9 Å². The van der Waals surface area contributed by atoms with Crippen molar-refractivity contribution in [1.82, 2.24) is 4.98 Å². The average molecular weight is 395 g/mol. The molecule has 0 saturated heterocycles. The van der Waals surface area contributed by atoms with Gasteiger partial charge in [0.05, 0.1) is 19.8 Å². The van der Waals surface area contributed by atoms with Crippen LogP contribution in [0.2, 0.25) is 6.82 Å². The largest absolute Gasteiger partial charge is 0.477 e. The van der Waals surface area contributed by atoms with Crippen molar-refractivity contribution in [2.45, 2.75) is 46.0 Å². The molecule has 0 unspecified atom stereocenters. The van der Waals surface area contributed by atoms with Crippen molar-refractivity contribution in [3.8, 4) is 17.5 Å². The van der Waals surface area contributed by atoms with Gasteiger partial charge in [-0.2, -0.15) is 4.98 Å². The van der Waals surface area contributed by atoms with Gasteiger partial charge in [-0.25, -0.2) is 4.79 Å². The number of fused-ring (bicyclic) bond motifs is 1. The minimum Gasteiger partial charge on any atom is -0.477 e. The Morgan fingerprint density at radius 1 is 1.24 bits per heavy atom. The molecule has 1 aromatic carbocycles. The van der Waals surface area contributed by atoms with Crippen LogP contribution < -0.4 is 14.9 Å². The molecule has 0 bridgehead atoms.